The average Bonchev–Trinajstić information content (AvgIpc) is 2.63. The summed E-state index contributed by atoms with van der Waals surface area (Å²) < 4.78 is 5.29. The third kappa shape index (κ3) is 4.19. The third-order valence-corrected chi connectivity index (χ3v) is 5.38. The van der Waals surface area contributed by atoms with Crippen LogP contribution in [0.5, 0.6) is 0 Å². The van der Waals surface area contributed by atoms with Crippen molar-refractivity contribution in [1.29, 1.82) is 0 Å². The van der Waals surface area contributed by atoms with E-state index in [1.807, 2.05) is 0 Å². The van der Waals surface area contributed by atoms with Crippen LogP contribution in [0.3, 0.4) is 0 Å². The maximum atomic E-state index is 12.5. The highest BCUT2D eigenvalue weighted by Crippen LogP contribution is 2.30. The monoisotopic (exact) mass is 351 g/mol. The molecule has 2 unspecified atom stereocenters. The van der Waals surface area contributed by atoms with Gasteiger partial charge >= 0.3 is 0 Å². The van der Waals surface area contributed by atoms with Gasteiger partial charge in [-0.15, -0.1) is 0 Å². The summed E-state index contributed by atoms with van der Waals surface area (Å²) in [6, 6.07) is 2.16. The van der Waals surface area contributed by atoms with E-state index in [0.29, 0.717) is 48.7 Å². The van der Waals surface area contributed by atoms with E-state index in [1.165, 1.54) is 25.7 Å². The van der Waals surface area contributed by atoms with Gasteiger partial charge in [0.15, 0.2) is 0 Å². The van der Waals surface area contributed by atoms with E-state index in [4.69, 9.17) is 16.3 Å². The molecular weight excluding hydrogens is 326 g/mol. The van der Waals surface area contributed by atoms with Crippen LogP contribution in [0.4, 0.5) is 5.82 Å². The van der Waals surface area contributed by atoms with Gasteiger partial charge in [-0.3, -0.25) is 4.79 Å². The second-order valence-corrected chi connectivity index (χ2v) is 7.15. The number of nitrogens with one attached hydrogen (secondary N) is 1. The fourth-order valence-electron chi connectivity index (χ4n) is 3.60. The molecule has 1 aromatic rings. The average molecular weight is 352 g/mol. The minimum Gasteiger partial charge on any atom is -0.378 e. The number of carbonyl (C=O) groups is 1. The van der Waals surface area contributed by atoms with E-state index in [2.05, 4.69) is 17.2 Å². The number of amides is 1. The lowest BCUT2D eigenvalue weighted by atomic mass is 9.84. The van der Waals surface area contributed by atoms with Gasteiger partial charge in [-0.05, 0) is 24.8 Å². The number of hydrogen-bond acceptors (Lipinski definition) is 4. The molecule has 1 aliphatic heterocycles. The summed E-state index contributed by atoms with van der Waals surface area (Å²) in [5, 5.41) is 3.99. The summed E-state index contributed by atoms with van der Waals surface area (Å²) in [5.41, 5.74) is 0.544. The number of rotatable bonds is 4. The summed E-state index contributed by atoms with van der Waals surface area (Å²) >= 11 is 6.38. The Hall–Kier alpha value is -1.33. The largest absolute Gasteiger partial charge is 0.378 e. The highest BCUT2D eigenvalue weighted by Gasteiger charge is 2.23. The molecule has 1 aliphatic carbocycles. The summed E-state index contributed by atoms with van der Waals surface area (Å²) in [6.07, 6.45) is 7.76. The van der Waals surface area contributed by atoms with Crippen LogP contribution in [0.1, 0.15) is 49.4 Å². The molecule has 0 radical (unpaired) electrons. The predicted octanol–water partition coefficient (Wildman–Crippen LogP) is 3.59. The van der Waals surface area contributed by atoms with E-state index in [-0.39, 0.29) is 5.91 Å². The molecule has 132 valence electrons. The normalized spacial score (nSPS) is 24.7. The molecule has 1 N–H and O–H groups in total. The Bertz CT molecular complexity index is 575. The van der Waals surface area contributed by atoms with Crippen molar-refractivity contribution in [3.63, 3.8) is 0 Å². The Morgan fingerprint density at radius 3 is 2.92 bits per heavy atom. The molecule has 2 fully saturated rings. The zero-order valence-corrected chi connectivity index (χ0v) is 15.0. The SMILES string of the molecule is CCC1CCCC(Nc2ncc(C(=O)N3CCOCC3)cc2Cl)C1. The molecular formula is C18H26ClN3O2. The third-order valence-electron chi connectivity index (χ3n) is 5.09. The Balaban J connectivity index is 1.64. The van der Waals surface area contributed by atoms with Crippen molar-refractivity contribution in [2.45, 2.75) is 45.1 Å². The predicted molar refractivity (Wildman–Crippen MR) is 95.6 cm³/mol. The van der Waals surface area contributed by atoms with Crippen molar-refractivity contribution in [3.05, 3.63) is 22.8 Å². The minimum atomic E-state index is -0.0250. The first-order valence-corrected chi connectivity index (χ1v) is 9.34. The number of nitrogens with zero attached hydrogens (tertiary/aromatic N) is 2. The van der Waals surface area contributed by atoms with E-state index in [0.717, 1.165) is 12.3 Å². The number of aromatic nitrogens is 1. The van der Waals surface area contributed by atoms with Crippen molar-refractivity contribution in [2.75, 3.05) is 31.6 Å². The molecule has 0 aromatic carbocycles. The molecule has 0 spiro atoms. The van der Waals surface area contributed by atoms with Gasteiger partial charge in [0.2, 0.25) is 0 Å². The van der Waals surface area contributed by atoms with Crippen molar-refractivity contribution in [1.82, 2.24) is 9.88 Å². The molecule has 2 aliphatic rings. The number of halogens is 1. The number of hydrogen-bond donors (Lipinski definition) is 1. The van der Waals surface area contributed by atoms with Crippen molar-refractivity contribution in [2.24, 2.45) is 5.92 Å². The second kappa shape index (κ2) is 8.17. The van der Waals surface area contributed by atoms with Gasteiger partial charge in [0.1, 0.15) is 5.82 Å². The number of pyridine rings is 1. The molecule has 1 aromatic heterocycles. The van der Waals surface area contributed by atoms with Crippen LogP contribution in [-0.4, -0.2) is 48.1 Å². The first kappa shape index (κ1) is 17.5. The number of carbonyl (C=O) groups excluding carboxylic acids is 1. The Morgan fingerprint density at radius 1 is 1.42 bits per heavy atom. The quantitative estimate of drug-likeness (QED) is 0.900. The number of morpholine rings is 1. The molecule has 2 atom stereocenters. The van der Waals surface area contributed by atoms with Gasteiger partial charge < -0.3 is 15.0 Å². The van der Waals surface area contributed by atoms with Gasteiger partial charge in [0.05, 0.1) is 23.8 Å². The van der Waals surface area contributed by atoms with Crippen LogP contribution < -0.4 is 5.32 Å². The summed E-state index contributed by atoms with van der Waals surface area (Å²) in [5.74, 6) is 1.46. The molecule has 1 saturated carbocycles. The fraction of sp³-hybridized carbons (Fsp3) is 0.667. The van der Waals surface area contributed by atoms with Crippen LogP contribution >= 0.6 is 11.6 Å². The lowest BCUT2D eigenvalue weighted by Gasteiger charge is -2.30. The van der Waals surface area contributed by atoms with Crippen LogP contribution in [0.2, 0.25) is 5.02 Å². The number of anilines is 1. The van der Waals surface area contributed by atoms with Gasteiger partial charge in [-0.2, -0.15) is 0 Å². The lowest BCUT2D eigenvalue weighted by molar-refractivity contribution is 0.0302. The summed E-state index contributed by atoms with van der Waals surface area (Å²) in [6.45, 7) is 4.68. The highest BCUT2D eigenvalue weighted by atomic mass is 35.5. The lowest BCUT2D eigenvalue weighted by Crippen LogP contribution is -2.40. The topological polar surface area (TPSA) is 54.5 Å². The molecule has 0 bridgehead atoms. The maximum Gasteiger partial charge on any atom is 0.255 e. The first-order chi connectivity index (χ1) is 11.7. The molecule has 5 nitrogen and oxygen atoms in total. The van der Waals surface area contributed by atoms with Gasteiger partial charge in [-0.25, -0.2) is 4.98 Å². The molecule has 1 amide bonds. The van der Waals surface area contributed by atoms with Gasteiger partial charge in [-0.1, -0.05) is 37.8 Å². The standard InChI is InChI=1S/C18H26ClN3O2/c1-2-13-4-3-5-15(10-13)21-17-16(19)11-14(12-20-17)18(23)22-6-8-24-9-7-22/h11-13,15H,2-10H2,1H3,(H,20,21). The first-order valence-electron chi connectivity index (χ1n) is 8.96. The highest BCUT2D eigenvalue weighted by molar-refractivity contribution is 6.33. The van der Waals surface area contributed by atoms with E-state index in [9.17, 15) is 4.79 Å². The Labute approximate surface area is 148 Å². The zero-order chi connectivity index (χ0) is 16.9. The fourth-order valence-corrected chi connectivity index (χ4v) is 3.82. The molecule has 2 heterocycles. The van der Waals surface area contributed by atoms with E-state index in [1.54, 1.807) is 17.2 Å². The van der Waals surface area contributed by atoms with Crippen LogP contribution in [-0.2, 0) is 4.74 Å². The van der Waals surface area contributed by atoms with Crippen molar-refractivity contribution in [3.8, 4) is 0 Å². The van der Waals surface area contributed by atoms with Crippen molar-refractivity contribution >= 4 is 23.3 Å². The smallest absolute Gasteiger partial charge is 0.255 e. The van der Waals surface area contributed by atoms with E-state index < -0.39 is 0 Å². The van der Waals surface area contributed by atoms with Gasteiger partial charge in [0, 0.05) is 25.3 Å². The molecule has 1 saturated heterocycles. The van der Waals surface area contributed by atoms with E-state index >= 15 is 0 Å². The zero-order valence-electron chi connectivity index (χ0n) is 14.3. The van der Waals surface area contributed by atoms with Crippen molar-refractivity contribution < 1.29 is 9.53 Å². The summed E-state index contributed by atoms with van der Waals surface area (Å²) in [7, 11) is 0. The number of ether oxygens (including phenoxy) is 1. The second-order valence-electron chi connectivity index (χ2n) is 6.74. The Kier molecular flexibility index (Phi) is 5.95. The van der Waals surface area contributed by atoms with Crippen LogP contribution in [0.15, 0.2) is 12.3 Å². The van der Waals surface area contributed by atoms with Crippen LogP contribution in [0, 0.1) is 5.92 Å². The van der Waals surface area contributed by atoms with Crippen LogP contribution in [0.25, 0.3) is 0 Å². The Morgan fingerprint density at radius 2 is 2.21 bits per heavy atom. The van der Waals surface area contributed by atoms with Gasteiger partial charge in [0.25, 0.3) is 5.91 Å². The molecule has 6 heteroatoms. The molecule has 3 rings (SSSR count). The maximum absolute atomic E-state index is 12.5. The molecule has 24 heavy (non-hydrogen) atoms. The summed E-state index contributed by atoms with van der Waals surface area (Å²) in [4.78, 5) is 18.7. The minimum absolute atomic E-state index is 0.0250.